The Bertz CT molecular complexity index is 755. The number of carbonyl (C=O) groups is 1. The highest BCUT2D eigenvalue weighted by molar-refractivity contribution is 9.10. The number of halogens is 1. The lowest BCUT2D eigenvalue weighted by atomic mass is 10.1. The van der Waals surface area contributed by atoms with Crippen LogP contribution in [0.2, 0.25) is 0 Å². The summed E-state index contributed by atoms with van der Waals surface area (Å²) in [5.41, 5.74) is 0.761. The van der Waals surface area contributed by atoms with Gasteiger partial charge in [0.05, 0.1) is 12.2 Å². The number of sulfone groups is 1. The van der Waals surface area contributed by atoms with Gasteiger partial charge in [0.1, 0.15) is 19.8 Å². The molecule has 0 saturated carbocycles. The molecule has 0 spiro atoms. The number of allylic oxidation sites excluding steroid dienone is 1. The molecule has 124 valence electrons. The molecule has 0 aliphatic carbocycles. The van der Waals surface area contributed by atoms with Crippen LogP contribution in [0.25, 0.3) is 0 Å². The number of carbonyl (C=O) groups excluding carboxylic acids is 1. The van der Waals surface area contributed by atoms with E-state index in [9.17, 15) is 13.2 Å². The van der Waals surface area contributed by atoms with Gasteiger partial charge in [0.15, 0.2) is 21.3 Å². The van der Waals surface area contributed by atoms with Crippen molar-refractivity contribution in [3.05, 3.63) is 33.7 Å². The van der Waals surface area contributed by atoms with E-state index in [1.54, 1.807) is 12.1 Å². The molecule has 23 heavy (non-hydrogen) atoms. The van der Waals surface area contributed by atoms with Gasteiger partial charge in [-0.3, -0.25) is 4.79 Å². The largest absolute Gasteiger partial charge is 0.486 e. The average Bonchev–Trinajstić information content (AvgIpc) is 2.84. The third-order valence-electron chi connectivity index (χ3n) is 3.53. The second kappa shape index (κ2) is 6.52. The average molecular weight is 403 g/mol. The standard InChI is InChI=1S/C15H15BrO6S/c16-12-7-14-13(20-2-3-21-14)6-11(12)8-22-15(17)5-10-1-4-23(18,19)9-10/h1,4,6-7,10H,2-3,5,8-9H2. The fourth-order valence-corrected chi connectivity index (χ4v) is 4.25. The van der Waals surface area contributed by atoms with E-state index >= 15 is 0 Å². The molecule has 0 fully saturated rings. The maximum Gasteiger partial charge on any atom is 0.306 e. The first-order chi connectivity index (χ1) is 10.9. The number of hydrogen-bond donors (Lipinski definition) is 0. The van der Waals surface area contributed by atoms with E-state index in [-0.39, 0.29) is 24.7 Å². The molecule has 0 radical (unpaired) electrons. The summed E-state index contributed by atoms with van der Waals surface area (Å²) in [6.07, 6.45) is 1.59. The van der Waals surface area contributed by atoms with Crippen LogP contribution in [-0.4, -0.2) is 33.4 Å². The van der Waals surface area contributed by atoms with Gasteiger partial charge in [0.25, 0.3) is 0 Å². The molecule has 0 bridgehead atoms. The Kier molecular flexibility index (Phi) is 4.63. The number of esters is 1. The van der Waals surface area contributed by atoms with E-state index in [0.29, 0.717) is 24.7 Å². The minimum Gasteiger partial charge on any atom is -0.486 e. The van der Waals surface area contributed by atoms with Crippen LogP contribution in [0, 0.1) is 5.92 Å². The Balaban J connectivity index is 1.58. The normalized spacial score (nSPS) is 21.2. The number of benzene rings is 1. The smallest absolute Gasteiger partial charge is 0.306 e. The van der Waals surface area contributed by atoms with Crippen molar-refractivity contribution in [2.45, 2.75) is 13.0 Å². The van der Waals surface area contributed by atoms with Crippen LogP contribution in [-0.2, 0) is 26.0 Å². The zero-order chi connectivity index (χ0) is 16.4. The SMILES string of the molecule is O=C(CC1C=CS(=O)(=O)C1)OCc1cc2c(cc1Br)OCCO2. The van der Waals surface area contributed by atoms with E-state index in [1.165, 1.54) is 6.08 Å². The first kappa shape index (κ1) is 16.3. The summed E-state index contributed by atoms with van der Waals surface area (Å²) in [4.78, 5) is 11.9. The van der Waals surface area contributed by atoms with Crippen LogP contribution < -0.4 is 9.47 Å². The zero-order valence-corrected chi connectivity index (χ0v) is 14.6. The van der Waals surface area contributed by atoms with E-state index < -0.39 is 15.8 Å². The van der Waals surface area contributed by atoms with Gasteiger partial charge in [-0.25, -0.2) is 8.42 Å². The summed E-state index contributed by atoms with van der Waals surface area (Å²) >= 11 is 3.41. The quantitative estimate of drug-likeness (QED) is 0.718. The molecule has 2 aliphatic rings. The van der Waals surface area contributed by atoms with Crippen LogP contribution in [0.1, 0.15) is 12.0 Å². The molecule has 0 N–H and O–H groups in total. The van der Waals surface area contributed by atoms with Gasteiger partial charge in [-0.05, 0) is 12.1 Å². The van der Waals surface area contributed by atoms with Crippen LogP contribution in [0.4, 0.5) is 0 Å². The fourth-order valence-electron chi connectivity index (χ4n) is 2.42. The fraction of sp³-hybridized carbons (Fsp3) is 0.400. The second-order valence-electron chi connectivity index (χ2n) is 5.37. The first-order valence-electron chi connectivity index (χ1n) is 7.07. The van der Waals surface area contributed by atoms with Gasteiger partial charge in [0.2, 0.25) is 0 Å². The molecule has 0 saturated heterocycles. The van der Waals surface area contributed by atoms with Crippen molar-refractivity contribution in [3.8, 4) is 11.5 Å². The minimum absolute atomic E-state index is 0.0319. The highest BCUT2D eigenvalue weighted by atomic mass is 79.9. The molecule has 0 aromatic heterocycles. The van der Waals surface area contributed by atoms with Crippen LogP contribution in [0.15, 0.2) is 28.1 Å². The molecule has 2 heterocycles. The molecule has 6 nitrogen and oxygen atoms in total. The molecule has 1 atom stereocenters. The molecule has 8 heteroatoms. The highest BCUT2D eigenvalue weighted by Gasteiger charge is 2.24. The lowest BCUT2D eigenvalue weighted by Gasteiger charge is -2.20. The molecule has 0 amide bonds. The summed E-state index contributed by atoms with van der Waals surface area (Å²) in [6.45, 7) is 1.07. The first-order valence-corrected chi connectivity index (χ1v) is 9.58. The Labute approximate surface area is 142 Å². The van der Waals surface area contributed by atoms with Crippen molar-refractivity contribution in [2.75, 3.05) is 19.0 Å². The summed E-state index contributed by atoms with van der Waals surface area (Å²) in [7, 11) is -3.15. The molecular formula is C15H15BrO6S. The summed E-state index contributed by atoms with van der Waals surface area (Å²) in [6, 6.07) is 3.55. The maximum absolute atomic E-state index is 11.9. The predicted octanol–water partition coefficient (Wildman–Crippen LogP) is 2.21. The van der Waals surface area contributed by atoms with Crippen LogP contribution in [0.5, 0.6) is 11.5 Å². The van der Waals surface area contributed by atoms with Crippen LogP contribution in [0.3, 0.4) is 0 Å². The molecule has 2 aliphatic heterocycles. The lowest BCUT2D eigenvalue weighted by molar-refractivity contribution is -0.145. The molecule has 3 rings (SSSR count). The maximum atomic E-state index is 11.9. The van der Waals surface area contributed by atoms with Gasteiger partial charge >= 0.3 is 5.97 Å². The van der Waals surface area contributed by atoms with Gasteiger partial charge < -0.3 is 14.2 Å². The van der Waals surface area contributed by atoms with Gasteiger partial charge in [-0.1, -0.05) is 22.0 Å². The predicted molar refractivity (Wildman–Crippen MR) is 86.0 cm³/mol. The second-order valence-corrected chi connectivity index (χ2v) is 8.16. The Hall–Kier alpha value is -1.54. The van der Waals surface area contributed by atoms with E-state index in [2.05, 4.69) is 15.9 Å². The van der Waals surface area contributed by atoms with Gasteiger partial charge in [0, 0.05) is 21.4 Å². The molecule has 1 aromatic carbocycles. The topological polar surface area (TPSA) is 78.9 Å². The van der Waals surface area contributed by atoms with Crippen LogP contribution >= 0.6 is 15.9 Å². The number of ether oxygens (including phenoxy) is 3. The van der Waals surface area contributed by atoms with E-state index in [4.69, 9.17) is 14.2 Å². The number of hydrogen-bond acceptors (Lipinski definition) is 6. The lowest BCUT2D eigenvalue weighted by Crippen LogP contribution is -2.16. The minimum atomic E-state index is -3.15. The number of rotatable bonds is 4. The Morgan fingerprint density at radius 2 is 1.96 bits per heavy atom. The van der Waals surface area contributed by atoms with Crippen molar-refractivity contribution in [1.82, 2.24) is 0 Å². The highest BCUT2D eigenvalue weighted by Crippen LogP contribution is 2.35. The monoisotopic (exact) mass is 402 g/mol. The number of fused-ring (bicyclic) bond motifs is 1. The van der Waals surface area contributed by atoms with Crippen molar-refractivity contribution in [3.63, 3.8) is 0 Å². The van der Waals surface area contributed by atoms with Gasteiger partial charge in [-0.15, -0.1) is 0 Å². The van der Waals surface area contributed by atoms with Crippen molar-refractivity contribution >= 4 is 31.7 Å². The third kappa shape index (κ3) is 4.06. The van der Waals surface area contributed by atoms with Crippen molar-refractivity contribution < 1.29 is 27.4 Å². The molecular weight excluding hydrogens is 388 g/mol. The summed E-state index contributed by atoms with van der Waals surface area (Å²) in [5, 5.41) is 1.16. The third-order valence-corrected chi connectivity index (χ3v) is 5.74. The Morgan fingerprint density at radius 3 is 2.61 bits per heavy atom. The zero-order valence-electron chi connectivity index (χ0n) is 12.2. The molecule has 1 aromatic rings. The summed E-state index contributed by atoms with van der Waals surface area (Å²) in [5.74, 6) is 0.500. The Morgan fingerprint density at radius 1 is 1.26 bits per heavy atom. The van der Waals surface area contributed by atoms with Crippen molar-refractivity contribution in [2.24, 2.45) is 5.92 Å². The molecule has 1 unspecified atom stereocenters. The van der Waals surface area contributed by atoms with Gasteiger partial charge in [-0.2, -0.15) is 0 Å². The van der Waals surface area contributed by atoms with Crippen molar-refractivity contribution in [1.29, 1.82) is 0 Å². The van der Waals surface area contributed by atoms with E-state index in [1.807, 2.05) is 0 Å². The van der Waals surface area contributed by atoms with E-state index in [0.717, 1.165) is 15.4 Å². The summed E-state index contributed by atoms with van der Waals surface area (Å²) < 4.78 is 39.6.